The molecular formula is C22H26F4N4O2Si. The number of alkyl halides is 3. The van der Waals surface area contributed by atoms with E-state index in [-0.39, 0.29) is 35.4 Å². The second-order valence-electron chi connectivity index (χ2n) is 9.02. The highest BCUT2D eigenvalue weighted by Gasteiger charge is 2.31. The molecule has 0 aliphatic rings. The highest BCUT2D eigenvalue weighted by atomic mass is 28.3. The summed E-state index contributed by atoms with van der Waals surface area (Å²) in [6, 6.07) is 6.18. The highest BCUT2D eigenvalue weighted by Crippen LogP contribution is 2.33. The molecule has 0 aliphatic heterocycles. The molecule has 0 radical (unpaired) electrons. The number of carbonyl (C=O) groups excluding carboxylic acids is 1. The zero-order chi connectivity index (χ0) is 24.4. The maximum atomic E-state index is 13.4. The maximum Gasteiger partial charge on any atom is 0.406 e. The molecule has 0 atom stereocenters. The first kappa shape index (κ1) is 24.8. The van der Waals surface area contributed by atoms with Crippen LogP contribution in [-0.2, 0) is 18.0 Å². The Morgan fingerprint density at radius 1 is 1.12 bits per heavy atom. The summed E-state index contributed by atoms with van der Waals surface area (Å²) < 4.78 is 61.5. The molecule has 3 aromatic rings. The van der Waals surface area contributed by atoms with Crippen LogP contribution in [0.3, 0.4) is 0 Å². The molecule has 0 unspecified atom stereocenters. The fourth-order valence-corrected chi connectivity index (χ4v) is 3.92. The lowest BCUT2D eigenvalue weighted by Gasteiger charge is -2.17. The van der Waals surface area contributed by atoms with Crippen LogP contribution in [0.2, 0.25) is 25.7 Å². The van der Waals surface area contributed by atoms with E-state index in [1.165, 1.54) is 42.0 Å². The number of hydrogen-bond donors (Lipinski definition) is 0. The minimum atomic E-state index is -4.51. The lowest BCUT2D eigenvalue weighted by atomic mass is 10.1. The van der Waals surface area contributed by atoms with Crippen LogP contribution in [-0.4, -0.2) is 45.7 Å². The molecule has 0 fully saturated rings. The normalized spacial score (nSPS) is 12.4. The third kappa shape index (κ3) is 6.61. The number of nitrogens with zero attached hydrogens (tertiary/aromatic N) is 4. The van der Waals surface area contributed by atoms with Gasteiger partial charge in [-0.1, -0.05) is 19.6 Å². The van der Waals surface area contributed by atoms with Gasteiger partial charge in [0.1, 0.15) is 30.5 Å². The first-order chi connectivity index (χ1) is 15.3. The molecule has 11 heteroatoms. The second kappa shape index (κ2) is 9.60. The third-order valence-electron chi connectivity index (χ3n) is 4.88. The number of Topliss-reactive ketones (excluding diaryl/α,β-unsaturated/α-hetero) is 1. The molecule has 1 aromatic carbocycles. The molecule has 178 valence electrons. The molecule has 33 heavy (non-hydrogen) atoms. The van der Waals surface area contributed by atoms with Crippen molar-refractivity contribution in [3.05, 3.63) is 48.3 Å². The minimum Gasteiger partial charge on any atom is -0.361 e. The summed E-state index contributed by atoms with van der Waals surface area (Å²) in [6.07, 6.45) is -1.98. The van der Waals surface area contributed by atoms with Crippen molar-refractivity contribution in [3.63, 3.8) is 0 Å². The molecule has 0 aliphatic carbocycles. The van der Waals surface area contributed by atoms with E-state index in [4.69, 9.17) is 4.74 Å². The van der Waals surface area contributed by atoms with E-state index in [1.54, 1.807) is 0 Å². The first-order valence-corrected chi connectivity index (χ1v) is 14.1. The summed E-state index contributed by atoms with van der Waals surface area (Å²) >= 11 is 0. The Bertz CT molecular complexity index is 1120. The van der Waals surface area contributed by atoms with Crippen LogP contribution in [0.5, 0.6) is 0 Å². The molecule has 0 amide bonds. The van der Waals surface area contributed by atoms with E-state index in [1.807, 2.05) is 0 Å². The van der Waals surface area contributed by atoms with Crippen LogP contribution in [0.1, 0.15) is 17.4 Å². The van der Waals surface area contributed by atoms with Crippen molar-refractivity contribution in [2.45, 2.75) is 52.1 Å². The van der Waals surface area contributed by atoms with Crippen LogP contribution in [0.25, 0.3) is 22.8 Å². The topological polar surface area (TPSA) is 61.9 Å². The molecule has 0 N–H and O–H groups in total. The average molecular weight is 483 g/mol. The summed E-state index contributed by atoms with van der Waals surface area (Å²) in [5, 5.41) is 0. The molecule has 2 aromatic heterocycles. The van der Waals surface area contributed by atoms with Crippen molar-refractivity contribution in [2.24, 2.45) is 0 Å². The smallest absolute Gasteiger partial charge is 0.361 e. The summed E-state index contributed by atoms with van der Waals surface area (Å²) in [6.45, 7) is 7.15. The summed E-state index contributed by atoms with van der Waals surface area (Å²) in [5.74, 6) is -0.692. The first-order valence-electron chi connectivity index (χ1n) is 10.4. The van der Waals surface area contributed by atoms with Crippen molar-refractivity contribution in [2.75, 3.05) is 6.61 Å². The van der Waals surface area contributed by atoms with Crippen LogP contribution in [0.4, 0.5) is 17.6 Å². The number of halogens is 4. The Kier molecular flexibility index (Phi) is 7.22. The van der Waals surface area contributed by atoms with Crippen LogP contribution in [0, 0.1) is 5.82 Å². The van der Waals surface area contributed by atoms with Crippen LogP contribution >= 0.6 is 0 Å². The van der Waals surface area contributed by atoms with Gasteiger partial charge in [-0.25, -0.2) is 14.4 Å². The van der Waals surface area contributed by atoms with Crippen molar-refractivity contribution in [1.29, 1.82) is 0 Å². The molecule has 0 saturated heterocycles. The van der Waals surface area contributed by atoms with Crippen molar-refractivity contribution in [3.8, 4) is 22.8 Å². The molecule has 0 saturated carbocycles. The molecule has 0 spiro atoms. The predicted molar refractivity (Wildman–Crippen MR) is 119 cm³/mol. The molecule has 2 heterocycles. The SMILES string of the molecule is CC(=O)c1cn(COCC[Si](C)(C)C)c(-c2c(-c3ccc(F)cc3)ncn2CC(F)(F)F)n1. The molecule has 6 nitrogen and oxygen atoms in total. The number of carbonyl (C=O) groups is 1. The van der Waals surface area contributed by atoms with Crippen molar-refractivity contribution >= 4 is 13.9 Å². The highest BCUT2D eigenvalue weighted by molar-refractivity contribution is 6.76. The van der Waals surface area contributed by atoms with Gasteiger partial charge in [0, 0.05) is 33.4 Å². The number of benzene rings is 1. The fraction of sp³-hybridized carbons (Fsp3) is 0.409. The lowest BCUT2D eigenvalue weighted by molar-refractivity contribution is -0.140. The van der Waals surface area contributed by atoms with Gasteiger partial charge in [-0.3, -0.25) is 4.79 Å². The number of hydrogen-bond acceptors (Lipinski definition) is 4. The molecular weight excluding hydrogens is 456 g/mol. The fourth-order valence-electron chi connectivity index (χ4n) is 3.16. The predicted octanol–water partition coefficient (Wildman–Crippen LogP) is 5.63. The van der Waals surface area contributed by atoms with E-state index in [2.05, 4.69) is 29.6 Å². The Balaban J connectivity index is 2.08. The minimum absolute atomic E-state index is 0.0140. The second-order valence-corrected chi connectivity index (χ2v) is 14.6. The number of imidazole rings is 2. The van der Waals surface area contributed by atoms with Crippen LogP contribution in [0.15, 0.2) is 36.8 Å². The summed E-state index contributed by atoms with van der Waals surface area (Å²) in [4.78, 5) is 20.5. The molecule has 0 bridgehead atoms. The summed E-state index contributed by atoms with van der Waals surface area (Å²) in [5.41, 5.74) is 0.790. The van der Waals surface area contributed by atoms with Crippen molar-refractivity contribution < 1.29 is 27.1 Å². The van der Waals surface area contributed by atoms with Gasteiger partial charge in [-0.05, 0) is 30.3 Å². The van der Waals surface area contributed by atoms with E-state index in [9.17, 15) is 22.4 Å². The zero-order valence-electron chi connectivity index (χ0n) is 18.9. The lowest BCUT2D eigenvalue weighted by Crippen LogP contribution is -2.22. The van der Waals surface area contributed by atoms with Gasteiger partial charge >= 0.3 is 6.18 Å². The van der Waals surface area contributed by atoms with Gasteiger partial charge in [0.25, 0.3) is 0 Å². The maximum absolute atomic E-state index is 13.4. The molecule has 3 rings (SSSR count). The van der Waals surface area contributed by atoms with Gasteiger partial charge in [0.2, 0.25) is 0 Å². The third-order valence-corrected chi connectivity index (χ3v) is 6.58. The average Bonchev–Trinajstić information content (AvgIpc) is 3.28. The van der Waals surface area contributed by atoms with E-state index >= 15 is 0 Å². The zero-order valence-corrected chi connectivity index (χ0v) is 19.9. The van der Waals surface area contributed by atoms with Gasteiger partial charge < -0.3 is 13.9 Å². The summed E-state index contributed by atoms with van der Waals surface area (Å²) in [7, 11) is -1.34. The van der Waals surface area contributed by atoms with E-state index in [0.717, 1.165) is 16.9 Å². The van der Waals surface area contributed by atoms with E-state index in [0.29, 0.717) is 12.2 Å². The standard InChI is InChI=1S/C22H26F4N4O2Si/c1-15(31)18-11-29(14-32-9-10-33(2,3)4)21(28-18)20-19(16-5-7-17(23)8-6-16)27-13-30(20)12-22(24,25)26/h5-8,11,13H,9-10,12,14H2,1-4H3. The quantitative estimate of drug-likeness (QED) is 0.172. The van der Waals surface area contributed by atoms with Gasteiger partial charge in [0.05, 0.1) is 12.0 Å². The van der Waals surface area contributed by atoms with Gasteiger partial charge in [-0.15, -0.1) is 0 Å². The van der Waals surface area contributed by atoms with Gasteiger partial charge in [0.15, 0.2) is 11.6 Å². The largest absolute Gasteiger partial charge is 0.406 e. The Labute approximate surface area is 190 Å². The number of ether oxygens (including phenoxy) is 1. The number of rotatable bonds is 9. The Morgan fingerprint density at radius 2 is 1.79 bits per heavy atom. The van der Waals surface area contributed by atoms with Crippen LogP contribution < -0.4 is 0 Å². The van der Waals surface area contributed by atoms with Crippen molar-refractivity contribution in [1.82, 2.24) is 19.1 Å². The number of aromatic nitrogens is 4. The Hall–Kier alpha value is -2.79. The monoisotopic (exact) mass is 482 g/mol. The number of ketones is 1. The van der Waals surface area contributed by atoms with E-state index < -0.39 is 26.6 Å². The Morgan fingerprint density at radius 3 is 2.36 bits per heavy atom. The van der Waals surface area contributed by atoms with Gasteiger partial charge in [-0.2, -0.15) is 13.2 Å².